The van der Waals surface area contributed by atoms with Crippen LogP contribution in [0.3, 0.4) is 0 Å². The summed E-state index contributed by atoms with van der Waals surface area (Å²) < 4.78 is 39.9. The molecule has 1 heterocycles. The molecule has 1 amide bonds. The number of aromatic carboxylic acids is 1. The van der Waals surface area contributed by atoms with E-state index in [1.165, 1.54) is 12.1 Å². The highest BCUT2D eigenvalue weighted by Crippen LogP contribution is 2.32. The molecule has 2 aromatic rings. The third-order valence-electron chi connectivity index (χ3n) is 3.08. The van der Waals surface area contributed by atoms with Crippen LogP contribution in [0.4, 0.5) is 8.78 Å². The van der Waals surface area contributed by atoms with E-state index in [0.717, 1.165) is 12.3 Å². The minimum Gasteiger partial charge on any atom is -0.490 e. The van der Waals surface area contributed by atoms with Crippen molar-refractivity contribution >= 4 is 11.9 Å². The summed E-state index contributed by atoms with van der Waals surface area (Å²) >= 11 is 0. The highest BCUT2D eigenvalue weighted by Gasteiger charge is 2.18. The van der Waals surface area contributed by atoms with Gasteiger partial charge in [-0.1, -0.05) is 12.1 Å². The van der Waals surface area contributed by atoms with Gasteiger partial charge in [-0.25, -0.2) is 4.79 Å². The number of ether oxygens (including phenoxy) is 2. The number of carboxylic acid groups (broad SMARTS) is 1. The van der Waals surface area contributed by atoms with Crippen molar-refractivity contribution in [1.29, 1.82) is 0 Å². The average molecular weight is 355 g/mol. The summed E-state index contributed by atoms with van der Waals surface area (Å²) in [5, 5.41) is 11.2. The Balaban J connectivity index is 2.14. The van der Waals surface area contributed by atoms with Crippen LogP contribution in [-0.4, -0.2) is 30.2 Å². The fraction of sp³-hybridized carbons (Fsp3) is 0.250. The molecule has 0 unspecified atom stereocenters. The van der Waals surface area contributed by atoms with E-state index < -0.39 is 18.5 Å². The maximum atomic E-state index is 12.6. The summed E-state index contributed by atoms with van der Waals surface area (Å²) in [5.41, 5.74) is 0.0924. The number of furan rings is 1. The number of para-hydroxylation sites is 1. The molecule has 0 bridgehead atoms. The Morgan fingerprint density at radius 2 is 2.12 bits per heavy atom. The van der Waals surface area contributed by atoms with Gasteiger partial charge in [0.05, 0.1) is 12.2 Å². The van der Waals surface area contributed by atoms with E-state index in [-0.39, 0.29) is 41.5 Å². The Bertz CT molecular complexity index is 759. The SMILES string of the molecule is CCOc1cccc(CNC(=O)c2cc(C(=O)O)co2)c1OC(F)F. The predicted octanol–water partition coefficient (Wildman–Crippen LogP) is 2.91. The molecule has 0 saturated carbocycles. The lowest BCUT2D eigenvalue weighted by Gasteiger charge is -2.15. The van der Waals surface area contributed by atoms with Crippen LogP contribution in [0.5, 0.6) is 11.5 Å². The van der Waals surface area contributed by atoms with Gasteiger partial charge in [-0.3, -0.25) is 4.79 Å². The van der Waals surface area contributed by atoms with Crippen molar-refractivity contribution in [2.24, 2.45) is 0 Å². The number of carbonyl (C=O) groups excluding carboxylic acids is 1. The summed E-state index contributed by atoms with van der Waals surface area (Å²) in [5.74, 6) is -2.20. The van der Waals surface area contributed by atoms with Crippen molar-refractivity contribution in [1.82, 2.24) is 5.32 Å². The number of carbonyl (C=O) groups is 2. The van der Waals surface area contributed by atoms with Gasteiger partial charge in [0.15, 0.2) is 17.3 Å². The van der Waals surface area contributed by atoms with Gasteiger partial charge in [0, 0.05) is 18.2 Å². The smallest absolute Gasteiger partial charge is 0.387 e. The molecule has 0 atom stereocenters. The molecule has 0 aliphatic rings. The van der Waals surface area contributed by atoms with E-state index in [1.54, 1.807) is 13.0 Å². The Morgan fingerprint density at radius 3 is 2.72 bits per heavy atom. The number of hydrogen-bond donors (Lipinski definition) is 2. The predicted molar refractivity (Wildman–Crippen MR) is 81.1 cm³/mol. The molecule has 1 aromatic carbocycles. The zero-order chi connectivity index (χ0) is 18.4. The Kier molecular flexibility index (Phi) is 5.93. The van der Waals surface area contributed by atoms with E-state index in [2.05, 4.69) is 10.1 Å². The lowest BCUT2D eigenvalue weighted by Crippen LogP contribution is -2.23. The molecule has 9 heteroatoms. The standard InChI is InChI=1S/C16H15F2NO6/c1-2-23-11-5-3-4-9(13(11)25-16(17)18)7-19-14(20)12-6-10(8-24-12)15(21)22/h3-6,8,16H,2,7H2,1H3,(H,19,20)(H,21,22). The summed E-state index contributed by atoms with van der Waals surface area (Å²) in [4.78, 5) is 22.7. The lowest BCUT2D eigenvalue weighted by atomic mass is 10.2. The lowest BCUT2D eigenvalue weighted by molar-refractivity contribution is -0.0520. The number of amides is 1. The molecule has 0 spiro atoms. The van der Waals surface area contributed by atoms with E-state index in [1.807, 2.05) is 0 Å². The second kappa shape index (κ2) is 8.13. The third kappa shape index (κ3) is 4.69. The van der Waals surface area contributed by atoms with E-state index >= 15 is 0 Å². The van der Waals surface area contributed by atoms with Crippen molar-refractivity contribution < 1.29 is 37.4 Å². The molecule has 0 aliphatic heterocycles. The first kappa shape index (κ1) is 18.2. The van der Waals surface area contributed by atoms with E-state index in [0.29, 0.717) is 0 Å². The van der Waals surface area contributed by atoms with E-state index in [9.17, 15) is 18.4 Å². The third-order valence-corrected chi connectivity index (χ3v) is 3.08. The highest BCUT2D eigenvalue weighted by atomic mass is 19.3. The van der Waals surface area contributed by atoms with Gasteiger partial charge >= 0.3 is 12.6 Å². The van der Waals surface area contributed by atoms with Crippen LogP contribution in [-0.2, 0) is 6.54 Å². The molecule has 0 saturated heterocycles. The summed E-state index contributed by atoms with van der Waals surface area (Å²) in [7, 11) is 0. The molecule has 0 fully saturated rings. The maximum absolute atomic E-state index is 12.6. The highest BCUT2D eigenvalue weighted by molar-refractivity contribution is 5.95. The average Bonchev–Trinajstić information content (AvgIpc) is 3.05. The van der Waals surface area contributed by atoms with Crippen LogP contribution in [0.15, 0.2) is 34.9 Å². The first-order valence-corrected chi connectivity index (χ1v) is 7.21. The van der Waals surface area contributed by atoms with Crippen molar-refractivity contribution in [3.05, 3.63) is 47.4 Å². The van der Waals surface area contributed by atoms with E-state index in [4.69, 9.17) is 14.3 Å². The second-order valence-electron chi connectivity index (χ2n) is 4.74. The minimum absolute atomic E-state index is 0.126. The molecule has 1 aromatic heterocycles. The number of nitrogens with one attached hydrogen (secondary N) is 1. The van der Waals surface area contributed by atoms with Gasteiger partial charge in [-0.15, -0.1) is 0 Å². The number of benzene rings is 1. The summed E-state index contributed by atoms with van der Waals surface area (Å²) in [6.45, 7) is -1.26. The van der Waals surface area contributed by atoms with Crippen LogP contribution >= 0.6 is 0 Å². The van der Waals surface area contributed by atoms with Crippen molar-refractivity contribution in [2.75, 3.05) is 6.61 Å². The maximum Gasteiger partial charge on any atom is 0.387 e. The van der Waals surface area contributed by atoms with Gasteiger partial charge in [-0.05, 0) is 13.0 Å². The van der Waals surface area contributed by atoms with Gasteiger partial charge < -0.3 is 24.3 Å². The second-order valence-corrected chi connectivity index (χ2v) is 4.74. The molecule has 0 radical (unpaired) electrons. The number of carboxylic acids is 1. The summed E-state index contributed by atoms with van der Waals surface area (Å²) in [6, 6.07) is 5.59. The topological polar surface area (TPSA) is 98.0 Å². The fourth-order valence-electron chi connectivity index (χ4n) is 2.02. The van der Waals surface area contributed by atoms with Crippen LogP contribution < -0.4 is 14.8 Å². The number of hydrogen-bond acceptors (Lipinski definition) is 5. The number of alkyl halides is 2. The van der Waals surface area contributed by atoms with Gasteiger partial charge in [0.1, 0.15) is 6.26 Å². The van der Waals surface area contributed by atoms with Gasteiger partial charge in [0.2, 0.25) is 0 Å². The van der Waals surface area contributed by atoms with Crippen LogP contribution in [0.2, 0.25) is 0 Å². The molecule has 2 rings (SSSR count). The molecule has 25 heavy (non-hydrogen) atoms. The molecule has 2 N–H and O–H groups in total. The number of rotatable bonds is 8. The Morgan fingerprint density at radius 1 is 1.36 bits per heavy atom. The van der Waals surface area contributed by atoms with Crippen molar-refractivity contribution in [2.45, 2.75) is 20.1 Å². The Hall–Kier alpha value is -3.10. The molecule has 0 aliphatic carbocycles. The summed E-state index contributed by atoms with van der Waals surface area (Å²) in [6.07, 6.45) is 0.929. The van der Waals surface area contributed by atoms with Gasteiger partial charge in [0.25, 0.3) is 5.91 Å². The first-order valence-electron chi connectivity index (χ1n) is 7.21. The molecule has 7 nitrogen and oxygen atoms in total. The number of halogens is 2. The largest absolute Gasteiger partial charge is 0.490 e. The monoisotopic (exact) mass is 355 g/mol. The molecule has 134 valence electrons. The zero-order valence-corrected chi connectivity index (χ0v) is 13.1. The van der Waals surface area contributed by atoms with Crippen molar-refractivity contribution in [3.8, 4) is 11.5 Å². The Labute approximate surface area is 141 Å². The van der Waals surface area contributed by atoms with Crippen LogP contribution in [0.1, 0.15) is 33.4 Å². The van der Waals surface area contributed by atoms with Crippen LogP contribution in [0.25, 0.3) is 0 Å². The zero-order valence-electron chi connectivity index (χ0n) is 13.1. The molecular weight excluding hydrogens is 340 g/mol. The fourth-order valence-corrected chi connectivity index (χ4v) is 2.02. The molecular formula is C16H15F2NO6. The normalized spacial score (nSPS) is 10.6. The van der Waals surface area contributed by atoms with Gasteiger partial charge in [-0.2, -0.15) is 8.78 Å². The quantitative estimate of drug-likeness (QED) is 0.756. The minimum atomic E-state index is -3.06. The van der Waals surface area contributed by atoms with Crippen LogP contribution in [0, 0.1) is 0 Å². The first-order chi connectivity index (χ1) is 11.9. The van der Waals surface area contributed by atoms with Crippen molar-refractivity contribution in [3.63, 3.8) is 0 Å².